The molecule has 1 aliphatic heterocycles. The second kappa shape index (κ2) is 7.42. The van der Waals surface area contributed by atoms with Crippen LogP contribution in [0.4, 0.5) is 11.4 Å². The number of halogens is 1. The summed E-state index contributed by atoms with van der Waals surface area (Å²) in [5, 5.41) is 6.03. The fourth-order valence-electron chi connectivity index (χ4n) is 2.08. The number of aliphatic imine (C=N–C) groups is 1. The van der Waals surface area contributed by atoms with Crippen LogP contribution < -0.4 is 16.2 Å². The standard InChI is InChI=1S/C17H15ClN4OS/c1-11(23)19-13-8-6-12(7-9-13)16-10-24-17(22-21-16)20-15-5-3-2-4-14(15)18/h2-10,21H,1H3,(H,19,23)(H,20,22). The smallest absolute Gasteiger partial charge is 0.221 e. The molecule has 1 aliphatic rings. The molecule has 0 spiro atoms. The Balaban J connectivity index is 1.71. The number of anilines is 1. The molecule has 0 aliphatic carbocycles. The maximum atomic E-state index is 11.0. The van der Waals surface area contributed by atoms with E-state index in [-0.39, 0.29) is 5.91 Å². The van der Waals surface area contributed by atoms with Crippen molar-refractivity contribution in [3.63, 3.8) is 0 Å². The second-order valence-corrected chi connectivity index (χ2v) is 6.29. The van der Waals surface area contributed by atoms with E-state index in [1.807, 2.05) is 47.9 Å². The van der Waals surface area contributed by atoms with Gasteiger partial charge in [0, 0.05) is 23.6 Å². The zero-order chi connectivity index (χ0) is 16.9. The summed E-state index contributed by atoms with van der Waals surface area (Å²) in [5.41, 5.74) is 9.58. The Hall–Kier alpha value is -2.44. The lowest BCUT2D eigenvalue weighted by Gasteiger charge is -2.19. The van der Waals surface area contributed by atoms with E-state index in [0.717, 1.165) is 16.9 Å². The monoisotopic (exact) mass is 358 g/mol. The van der Waals surface area contributed by atoms with Crippen molar-refractivity contribution in [3.05, 3.63) is 64.5 Å². The summed E-state index contributed by atoms with van der Waals surface area (Å²) < 4.78 is 0. The summed E-state index contributed by atoms with van der Waals surface area (Å²) >= 11 is 7.58. The molecule has 3 N–H and O–H groups in total. The Labute approximate surface area is 149 Å². The van der Waals surface area contributed by atoms with E-state index < -0.39 is 0 Å². The summed E-state index contributed by atoms with van der Waals surface area (Å²) in [5.74, 6) is -0.0876. The first kappa shape index (κ1) is 16.4. The molecule has 2 aromatic carbocycles. The molecule has 0 radical (unpaired) electrons. The van der Waals surface area contributed by atoms with E-state index in [2.05, 4.69) is 21.2 Å². The number of nitrogens with zero attached hydrogens (tertiary/aromatic N) is 1. The lowest BCUT2D eigenvalue weighted by molar-refractivity contribution is -0.114. The molecule has 0 aromatic heterocycles. The molecule has 7 heteroatoms. The maximum absolute atomic E-state index is 11.0. The minimum atomic E-state index is -0.0876. The van der Waals surface area contributed by atoms with E-state index in [4.69, 9.17) is 11.6 Å². The van der Waals surface area contributed by atoms with Gasteiger partial charge in [-0.15, -0.1) is 0 Å². The van der Waals surface area contributed by atoms with Gasteiger partial charge in [0.1, 0.15) is 0 Å². The van der Waals surface area contributed by atoms with Crippen molar-refractivity contribution in [2.24, 2.45) is 4.99 Å². The number of carbonyl (C=O) groups is 1. The third-order valence-corrected chi connectivity index (χ3v) is 4.27. The van der Waals surface area contributed by atoms with Crippen LogP contribution in [0.15, 0.2) is 58.9 Å². The predicted molar refractivity (Wildman–Crippen MR) is 101 cm³/mol. The number of nitrogens with one attached hydrogen (secondary N) is 3. The molecule has 0 saturated carbocycles. The number of amidine groups is 1. The van der Waals surface area contributed by atoms with Crippen LogP contribution in [0.25, 0.3) is 5.70 Å². The zero-order valence-corrected chi connectivity index (χ0v) is 14.4. The van der Waals surface area contributed by atoms with Crippen molar-refractivity contribution in [1.29, 1.82) is 0 Å². The van der Waals surface area contributed by atoms with Crippen molar-refractivity contribution in [2.45, 2.75) is 6.92 Å². The Kier molecular flexibility index (Phi) is 5.08. The van der Waals surface area contributed by atoms with Gasteiger partial charge >= 0.3 is 0 Å². The molecular weight excluding hydrogens is 344 g/mol. The molecule has 1 heterocycles. The van der Waals surface area contributed by atoms with Gasteiger partial charge in [0.25, 0.3) is 0 Å². The first-order valence-corrected chi connectivity index (χ1v) is 8.48. The van der Waals surface area contributed by atoms with Crippen LogP contribution in [0.2, 0.25) is 5.02 Å². The van der Waals surface area contributed by atoms with Gasteiger partial charge in [-0.1, -0.05) is 47.6 Å². The summed E-state index contributed by atoms with van der Waals surface area (Å²) in [6.45, 7) is 1.49. The molecule has 0 atom stereocenters. The van der Waals surface area contributed by atoms with Crippen LogP contribution in [-0.2, 0) is 4.79 Å². The van der Waals surface area contributed by atoms with E-state index in [9.17, 15) is 4.79 Å². The fraction of sp³-hybridized carbons (Fsp3) is 0.0588. The number of hydrogen-bond acceptors (Lipinski definition) is 4. The van der Waals surface area contributed by atoms with Gasteiger partial charge in [0.15, 0.2) is 5.17 Å². The molecule has 5 nitrogen and oxygen atoms in total. The zero-order valence-electron chi connectivity index (χ0n) is 12.8. The molecule has 122 valence electrons. The average molecular weight is 359 g/mol. The number of rotatable bonds is 3. The summed E-state index contributed by atoms with van der Waals surface area (Å²) in [6, 6.07) is 15.0. The van der Waals surface area contributed by atoms with E-state index in [1.165, 1.54) is 18.7 Å². The Morgan fingerprint density at radius 1 is 1.12 bits per heavy atom. The average Bonchev–Trinajstić information content (AvgIpc) is 2.58. The first-order valence-electron chi connectivity index (χ1n) is 7.22. The molecule has 2 aromatic rings. The minimum absolute atomic E-state index is 0.0876. The molecule has 1 amide bonds. The Morgan fingerprint density at radius 2 is 1.88 bits per heavy atom. The van der Waals surface area contributed by atoms with Crippen molar-refractivity contribution < 1.29 is 4.79 Å². The number of hydrazine groups is 1. The fourth-order valence-corrected chi connectivity index (χ4v) is 2.94. The maximum Gasteiger partial charge on any atom is 0.221 e. The second-order valence-electron chi connectivity index (χ2n) is 5.03. The van der Waals surface area contributed by atoms with Gasteiger partial charge in [-0.25, -0.2) is 4.99 Å². The van der Waals surface area contributed by atoms with Gasteiger partial charge in [-0.2, -0.15) is 0 Å². The Morgan fingerprint density at radius 3 is 2.50 bits per heavy atom. The summed E-state index contributed by atoms with van der Waals surface area (Å²) in [7, 11) is 0. The number of hydrogen-bond donors (Lipinski definition) is 3. The number of thioether (sulfide) groups is 1. The SMILES string of the molecule is CC(=O)Nc1ccc(C2=CSC(=Nc3ccccc3Cl)NN2)cc1. The lowest BCUT2D eigenvalue weighted by atomic mass is 10.1. The van der Waals surface area contributed by atoms with Crippen molar-refractivity contribution in [2.75, 3.05) is 5.32 Å². The van der Waals surface area contributed by atoms with Crippen LogP contribution in [-0.4, -0.2) is 11.1 Å². The van der Waals surface area contributed by atoms with Gasteiger partial charge in [-0.05, 0) is 24.3 Å². The normalized spacial score (nSPS) is 15.2. The van der Waals surface area contributed by atoms with Crippen molar-refractivity contribution in [1.82, 2.24) is 10.9 Å². The minimum Gasteiger partial charge on any atom is -0.326 e. The van der Waals surface area contributed by atoms with Crippen LogP contribution in [0.5, 0.6) is 0 Å². The number of para-hydroxylation sites is 1. The number of carbonyl (C=O) groups excluding carboxylic acids is 1. The van der Waals surface area contributed by atoms with Crippen molar-refractivity contribution in [3.8, 4) is 0 Å². The van der Waals surface area contributed by atoms with Gasteiger partial charge in [0.2, 0.25) is 5.91 Å². The number of benzene rings is 2. The topological polar surface area (TPSA) is 65.5 Å². The van der Waals surface area contributed by atoms with Gasteiger partial charge < -0.3 is 5.32 Å². The molecule has 24 heavy (non-hydrogen) atoms. The summed E-state index contributed by atoms with van der Waals surface area (Å²) in [6.07, 6.45) is 0. The van der Waals surface area contributed by atoms with E-state index >= 15 is 0 Å². The highest BCUT2D eigenvalue weighted by atomic mass is 35.5. The molecule has 0 bridgehead atoms. The highest BCUT2D eigenvalue weighted by Crippen LogP contribution is 2.27. The van der Waals surface area contributed by atoms with Crippen LogP contribution in [0, 0.1) is 0 Å². The van der Waals surface area contributed by atoms with Crippen molar-refractivity contribution >= 4 is 51.5 Å². The van der Waals surface area contributed by atoms with Gasteiger partial charge in [0.05, 0.1) is 16.4 Å². The van der Waals surface area contributed by atoms with Gasteiger partial charge in [-0.3, -0.25) is 15.6 Å². The van der Waals surface area contributed by atoms with Crippen LogP contribution in [0.3, 0.4) is 0 Å². The van der Waals surface area contributed by atoms with E-state index in [0.29, 0.717) is 15.9 Å². The molecule has 3 rings (SSSR count). The molecular formula is C17H15ClN4OS. The largest absolute Gasteiger partial charge is 0.326 e. The lowest BCUT2D eigenvalue weighted by Crippen LogP contribution is -2.36. The molecule has 0 saturated heterocycles. The predicted octanol–water partition coefficient (Wildman–Crippen LogP) is 4.13. The van der Waals surface area contributed by atoms with E-state index in [1.54, 1.807) is 6.07 Å². The summed E-state index contributed by atoms with van der Waals surface area (Å²) in [4.78, 5) is 15.5. The molecule has 0 unspecified atom stereocenters. The third-order valence-electron chi connectivity index (χ3n) is 3.18. The third kappa shape index (κ3) is 4.10. The van der Waals surface area contributed by atoms with Crippen LogP contribution >= 0.6 is 23.4 Å². The number of amides is 1. The molecule has 0 fully saturated rings. The first-order chi connectivity index (χ1) is 11.6. The highest BCUT2D eigenvalue weighted by Gasteiger charge is 2.11. The Bertz CT molecular complexity index is 818. The van der Waals surface area contributed by atoms with Crippen LogP contribution in [0.1, 0.15) is 12.5 Å². The quantitative estimate of drug-likeness (QED) is 0.772. The highest BCUT2D eigenvalue weighted by molar-refractivity contribution is 8.16.